The van der Waals surface area contributed by atoms with Crippen LogP contribution in [0.1, 0.15) is 26.3 Å². The van der Waals surface area contributed by atoms with Crippen LogP contribution < -0.4 is 10.8 Å². The van der Waals surface area contributed by atoms with E-state index in [0.29, 0.717) is 23.5 Å². The van der Waals surface area contributed by atoms with Crippen molar-refractivity contribution in [2.45, 2.75) is 46.1 Å². The number of carbonyl (C=O) groups excluding carboxylic acids is 1. The summed E-state index contributed by atoms with van der Waals surface area (Å²) in [5.74, 6) is -0.229. The quantitative estimate of drug-likeness (QED) is 0.296. The number of ether oxygens (including phenoxy) is 2. The largest absolute Gasteiger partial charge is 0.462 e. The molecule has 2 aromatic heterocycles. The van der Waals surface area contributed by atoms with E-state index in [1.165, 1.54) is 6.33 Å². The van der Waals surface area contributed by atoms with E-state index in [1.54, 1.807) is 24.7 Å². The number of hydrogen-bond donors (Lipinski definition) is 2. The Kier molecular flexibility index (Phi) is 8.51. The van der Waals surface area contributed by atoms with Gasteiger partial charge in [-0.2, -0.15) is 0 Å². The summed E-state index contributed by atoms with van der Waals surface area (Å²) in [6.45, 7) is 5.54. The van der Waals surface area contributed by atoms with Crippen LogP contribution in [0.3, 0.4) is 0 Å². The zero-order valence-electron chi connectivity index (χ0n) is 18.9. The number of anilines is 1. The van der Waals surface area contributed by atoms with Crippen LogP contribution in [0.2, 0.25) is 0 Å². The second-order valence-corrected chi connectivity index (χ2v) is 9.92. The van der Waals surface area contributed by atoms with Crippen molar-refractivity contribution >= 4 is 30.5 Å². The Bertz CT molecular complexity index is 1110. The van der Waals surface area contributed by atoms with Gasteiger partial charge in [-0.15, -0.1) is 0 Å². The van der Waals surface area contributed by atoms with Gasteiger partial charge in [0.15, 0.2) is 11.5 Å². The van der Waals surface area contributed by atoms with Crippen LogP contribution in [0.15, 0.2) is 43.0 Å². The number of benzene rings is 1. The highest BCUT2D eigenvalue weighted by atomic mass is 31.2. The second-order valence-electron chi connectivity index (χ2n) is 7.74. The molecule has 0 amide bonds. The Morgan fingerprint density at radius 2 is 1.94 bits per heavy atom. The van der Waals surface area contributed by atoms with Crippen molar-refractivity contribution in [1.82, 2.24) is 24.6 Å². The minimum atomic E-state index is -3.53. The minimum Gasteiger partial charge on any atom is -0.462 e. The highest BCUT2D eigenvalue weighted by Gasteiger charge is 2.26. The number of carbonyl (C=O) groups is 1. The number of nitrogens with one attached hydrogen (secondary N) is 1. The van der Waals surface area contributed by atoms with Crippen LogP contribution in [0.5, 0.6) is 0 Å². The maximum atomic E-state index is 13.4. The molecule has 2 heterocycles. The molecule has 0 fully saturated rings. The standard InChI is InChI=1S/C21H29N6O5P/c1-15(2)32-18(28)9-26-33(29,31-11-17-7-5-4-6-8-17)14-30-16(3)10-27-13-25-19-20(22)23-12-24-21(19)27/h4-8,12-13,15-16H,9-11,14H2,1-3H3,(H,26,29)(H2,22,23,24)/t16-,33?/m1/s1. The van der Waals surface area contributed by atoms with Crippen molar-refractivity contribution in [1.29, 1.82) is 0 Å². The number of nitrogens with zero attached hydrogens (tertiary/aromatic N) is 4. The number of fused-ring (bicyclic) bond motifs is 1. The average molecular weight is 476 g/mol. The number of nitrogens with two attached hydrogens (primary N) is 1. The molecule has 0 radical (unpaired) electrons. The molecule has 12 heteroatoms. The van der Waals surface area contributed by atoms with Crippen LogP contribution >= 0.6 is 7.52 Å². The lowest BCUT2D eigenvalue weighted by Crippen LogP contribution is -2.28. The Balaban J connectivity index is 1.62. The summed E-state index contributed by atoms with van der Waals surface area (Å²) in [7, 11) is -3.53. The molecule has 0 bridgehead atoms. The lowest BCUT2D eigenvalue weighted by atomic mass is 10.2. The minimum absolute atomic E-state index is 0.102. The summed E-state index contributed by atoms with van der Waals surface area (Å²) < 4.78 is 31.8. The normalized spacial score (nSPS) is 14.3. The third-order valence-electron chi connectivity index (χ3n) is 4.53. The first-order valence-corrected chi connectivity index (χ1v) is 12.3. The first kappa shape index (κ1) is 24.8. The molecule has 0 aliphatic rings. The van der Waals surface area contributed by atoms with Crippen molar-refractivity contribution < 1.29 is 23.4 Å². The van der Waals surface area contributed by atoms with E-state index in [9.17, 15) is 9.36 Å². The van der Waals surface area contributed by atoms with Crippen molar-refractivity contribution in [3.05, 3.63) is 48.5 Å². The van der Waals surface area contributed by atoms with Gasteiger partial charge in [-0.05, 0) is 26.3 Å². The number of aromatic nitrogens is 4. The van der Waals surface area contributed by atoms with Gasteiger partial charge in [0.05, 0.1) is 31.7 Å². The molecule has 33 heavy (non-hydrogen) atoms. The van der Waals surface area contributed by atoms with Gasteiger partial charge < -0.3 is 24.3 Å². The maximum absolute atomic E-state index is 13.4. The first-order valence-electron chi connectivity index (χ1n) is 10.5. The summed E-state index contributed by atoms with van der Waals surface area (Å²) in [5, 5.41) is 2.70. The molecule has 178 valence electrons. The van der Waals surface area contributed by atoms with Crippen molar-refractivity contribution in [3.63, 3.8) is 0 Å². The van der Waals surface area contributed by atoms with E-state index in [-0.39, 0.29) is 31.7 Å². The van der Waals surface area contributed by atoms with E-state index < -0.39 is 13.5 Å². The molecule has 3 N–H and O–H groups in total. The first-order chi connectivity index (χ1) is 15.8. The maximum Gasteiger partial charge on any atom is 0.320 e. The van der Waals surface area contributed by atoms with Crippen molar-refractivity contribution in [3.8, 4) is 0 Å². The molecule has 0 saturated carbocycles. The summed E-state index contributed by atoms with van der Waals surface area (Å²) in [4.78, 5) is 24.3. The monoisotopic (exact) mass is 476 g/mol. The van der Waals surface area contributed by atoms with Gasteiger partial charge in [0, 0.05) is 0 Å². The van der Waals surface area contributed by atoms with Gasteiger partial charge in [-0.3, -0.25) is 9.36 Å². The fourth-order valence-electron chi connectivity index (χ4n) is 2.96. The molecular formula is C21H29N6O5P. The molecule has 1 unspecified atom stereocenters. The van der Waals surface area contributed by atoms with E-state index in [2.05, 4.69) is 20.0 Å². The van der Waals surface area contributed by atoms with E-state index in [4.69, 9.17) is 19.7 Å². The zero-order chi connectivity index (χ0) is 23.8. The molecule has 3 aromatic rings. The lowest BCUT2D eigenvalue weighted by molar-refractivity contribution is -0.145. The molecule has 1 aromatic carbocycles. The van der Waals surface area contributed by atoms with Crippen LogP contribution in [-0.4, -0.2) is 50.6 Å². The smallest absolute Gasteiger partial charge is 0.320 e. The van der Waals surface area contributed by atoms with Crippen LogP contribution in [0.25, 0.3) is 11.2 Å². The van der Waals surface area contributed by atoms with Crippen LogP contribution in [0.4, 0.5) is 5.82 Å². The van der Waals surface area contributed by atoms with Gasteiger partial charge >= 0.3 is 5.97 Å². The average Bonchev–Trinajstić information content (AvgIpc) is 3.19. The molecule has 0 spiro atoms. The fraction of sp³-hybridized carbons (Fsp3) is 0.429. The molecule has 0 aliphatic heterocycles. The predicted molar refractivity (Wildman–Crippen MR) is 123 cm³/mol. The van der Waals surface area contributed by atoms with E-state index >= 15 is 0 Å². The molecule has 0 saturated heterocycles. The highest BCUT2D eigenvalue weighted by Crippen LogP contribution is 2.43. The van der Waals surface area contributed by atoms with Gasteiger partial charge in [-0.25, -0.2) is 20.0 Å². The summed E-state index contributed by atoms with van der Waals surface area (Å²) in [6.07, 6.45) is 2.09. The Labute approximate surface area is 192 Å². The molecule has 0 aliphatic carbocycles. The lowest BCUT2D eigenvalue weighted by Gasteiger charge is -2.22. The van der Waals surface area contributed by atoms with Gasteiger partial charge in [-0.1, -0.05) is 30.3 Å². The highest BCUT2D eigenvalue weighted by molar-refractivity contribution is 7.56. The molecule has 11 nitrogen and oxygen atoms in total. The summed E-state index contributed by atoms with van der Waals surface area (Å²) >= 11 is 0. The van der Waals surface area contributed by atoms with E-state index in [0.717, 1.165) is 5.56 Å². The topological polar surface area (TPSA) is 143 Å². The zero-order valence-corrected chi connectivity index (χ0v) is 19.8. The fourth-order valence-corrected chi connectivity index (χ4v) is 4.39. The van der Waals surface area contributed by atoms with Crippen molar-refractivity contribution in [2.75, 3.05) is 18.6 Å². The third kappa shape index (κ3) is 7.33. The number of rotatable bonds is 12. The van der Waals surface area contributed by atoms with Gasteiger partial charge in [0.1, 0.15) is 24.7 Å². The van der Waals surface area contributed by atoms with Crippen LogP contribution in [0, 0.1) is 0 Å². The molecule has 2 atom stereocenters. The van der Waals surface area contributed by atoms with Gasteiger partial charge in [0.2, 0.25) is 0 Å². The SMILES string of the molecule is CC(C)OC(=O)CNP(=O)(CO[C@H](C)Cn1cnc2c(N)ncnc21)OCc1ccccc1. The predicted octanol–water partition coefficient (Wildman–Crippen LogP) is 2.72. The molecular weight excluding hydrogens is 447 g/mol. The number of imidazole rings is 1. The second kappa shape index (κ2) is 11.3. The van der Waals surface area contributed by atoms with Crippen LogP contribution in [-0.2, 0) is 36.5 Å². The number of esters is 1. The van der Waals surface area contributed by atoms with Gasteiger partial charge in [0.25, 0.3) is 7.52 Å². The molecule has 3 rings (SSSR count). The Hall–Kier alpha value is -2.85. The van der Waals surface area contributed by atoms with Crippen molar-refractivity contribution in [2.24, 2.45) is 0 Å². The Morgan fingerprint density at radius 1 is 1.18 bits per heavy atom. The number of nitrogen functional groups attached to an aromatic ring is 1. The number of hydrogen-bond acceptors (Lipinski definition) is 9. The Morgan fingerprint density at radius 3 is 2.67 bits per heavy atom. The third-order valence-corrected chi connectivity index (χ3v) is 6.20. The summed E-state index contributed by atoms with van der Waals surface area (Å²) in [5.41, 5.74) is 7.76. The van der Waals surface area contributed by atoms with E-state index in [1.807, 2.05) is 37.3 Å². The summed E-state index contributed by atoms with van der Waals surface area (Å²) in [6, 6.07) is 9.33.